The first-order valence-electron chi connectivity index (χ1n) is 8.08. The van der Waals surface area contributed by atoms with Gasteiger partial charge in [-0.1, -0.05) is 41.4 Å². The fourth-order valence-electron chi connectivity index (χ4n) is 2.49. The van der Waals surface area contributed by atoms with Crippen LogP contribution in [0.3, 0.4) is 0 Å². The number of carbonyl (C=O) groups excluding carboxylic acids is 1. The standard InChI is InChI=1S/C21H17Cl2NO2/c1-14-4-2-5-17(12-14)26-16-10-8-15(9-11-16)24-21(25)13-18-19(22)6-3-7-20(18)23/h2-12H,13H2,1H3,(H,24,25). The molecule has 1 N–H and O–H groups in total. The molecule has 0 spiro atoms. The van der Waals surface area contributed by atoms with Gasteiger partial charge in [0.1, 0.15) is 11.5 Å². The zero-order valence-electron chi connectivity index (χ0n) is 14.1. The lowest BCUT2D eigenvalue weighted by molar-refractivity contribution is -0.115. The molecule has 0 unspecified atom stereocenters. The number of hydrogen-bond acceptors (Lipinski definition) is 2. The SMILES string of the molecule is Cc1cccc(Oc2ccc(NC(=O)Cc3c(Cl)cccc3Cl)cc2)c1. The van der Waals surface area contributed by atoms with E-state index in [0.717, 1.165) is 11.3 Å². The van der Waals surface area contributed by atoms with Gasteiger partial charge in [0.25, 0.3) is 0 Å². The molecule has 0 bridgehead atoms. The zero-order chi connectivity index (χ0) is 18.5. The molecule has 0 heterocycles. The highest BCUT2D eigenvalue weighted by atomic mass is 35.5. The minimum atomic E-state index is -0.188. The van der Waals surface area contributed by atoms with Crippen molar-refractivity contribution in [3.8, 4) is 11.5 Å². The summed E-state index contributed by atoms with van der Waals surface area (Å²) < 4.78 is 5.80. The Kier molecular flexibility index (Phi) is 5.82. The largest absolute Gasteiger partial charge is 0.457 e. The monoisotopic (exact) mass is 385 g/mol. The average Bonchev–Trinajstić information content (AvgIpc) is 2.60. The zero-order valence-corrected chi connectivity index (χ0v) is 15.6. The lowest BCUT2D eigenvalue weighted by Crippen LogP contribution is -2.14. The number of aryl methyl sites for hydroxylation is 1. The smallest absolute Gasteiger partial charge is 0.228 e. The summed E-state index contributed by atoms with van der Waals surface area (Å²) in [7, 11) is 0. The molecule has 5 heteroatoms. The van der Waals surface area contributed by atoms with Gasteiger partial charge in [-0.15, -0.1) is 0 Å². The van der Waals surface area contributed by atoms with Gasteiger partial charge in [0.05, 0.1) is 6.42 Å². The van der Waals surface area contributed by atoms with Crippen LogP contribution in [0.2, 0.25) is 10.0 Å². The average molecular weight is 386 g/mol. The molecule has 0 aliphatic rings. The first-order chi connectivity index (χ1) is 12.5. The maximum absolute atomic E-state index is 12.2. The topological polar surface area (TPSA) is 38.3 Å². The van der Waals surface area contributed by atoms with Gasteiger partial charge in [-0.2, -0.15) is 0 Å². The summed E-state index contributed by atoms with van der Waals surface area (Å²) in [4.78, 5) is 12.2. The maximum Gasteiger partial charge on any atom is 0.228 e. The second-order valence-corrected chi connectivity index (χ2v) is 6.68. The van der Waals surface area contributed by atoms with Crippen molar-refractivity contribution in [1.82, 2.24) is 0 Å². The minimum absolute atomic E-state index is 0.111. The van der Waals surface area contributed by atoms with Crippen LogP contribution in [0.5, 0.6) is 11.5 Å². The quantitative estimate of drug-likeness (QED) is 0.561. The number of amides is 1. The maximum atomic E-state index is 12.2. The molecule has 0 aliphatic heterocycles. The summed E-state index contributed by atoms with van der Waals surface area (Å²) in [5.74, 6) is 1.28. The van der Waals surface area contributed by atoms with Gasteiger partial charge in [0.2, 0.25) is 5.91 Å². The van der Waals surface area contributed by atoms with E-state index in [1.807, 2.05) is 31.2 Å². The van der Waals surface area contributed by atoms with E-state index in [1.165, 1.54) is 0 Å². The molecule has 0 atom stereocenters. The summed E-state index contributed by atoms with van der Waals surface area (Å²) in [6.45, 7) is 2.01. The normalized spacial score (nSPS) is 10.4. The Morgan fingerprint density at radius 1 is 0.923 bits per heavy atom. The summed E-state index contributed by atoms with van der Waals surface area (Å²) in [6, 6.07) is 20.2. The van der Waals surface area contributed by atoms with Gasteiger partial charge in [-0.25, -0.2) is 0 Å². The Morgan fingerprint density at radius 3 is 2.23 bits per heavy atom. The van der Waals surface area contributed by atoms with Crippen LogP contribution >= 0.6 is 23.2 Å². The Hall–Kier alpha value is -2.49. The predicted molar refractivity (Wildman–Crippen MR) is 106 cm³/mol. The molecule has 0 aromatic heterocycles. The van der Waals surface area contributed by atoms with Gasteiger partial charge in [-0.3, -0.25) is 4.79 Å². The van der Waals surface area contributed by atoms with E-state index in [9.17, 15) is 4.79 Å². The van der Waals surface area contributed by atoms with Crippen LogP contribution in [0, 0.1) is 6.92 Å². The lowest BCUT2D eigenvalue weighted by atomic mass is 10.1. The minimum Gasteiger partial charge on any atom is -0.457 e. The van der Waals surface area contributed by atoms with E-state index in [2.05, 4.69) is 5.32 Å². The van der Waals surface area contributed by atoms with Gasteiger partial charge in [0.15, 0.2) is 0 Å². The van der Waals surface area contributed by atoms with Crippen LogP contribution < -0.4 is 10.1 Å². The first kappa shape index (κ1) is 18.3. The predicted octanol–water partition coefficient (Wildman–Crippen LogP) is 6.28. The molecule has 0 fully saturated rings. The van der Waals surface area contributed by atoms with Gasteiger partial charge in [-0.05, 0) is 66.6 Å². The first-order valence-corrected chi connectivity index (χ1v) is 8.84. The van der Waals surface area contributed by atoms with E-state index in [-0.39, 0.29) is 12.3 Å². The molecule has 3 aromatic rings. The molecule has 0 radical (unpaired) electrons. The van der Waals surface area contributed by atoms with Gasteiger partial charge < -0.3 is 10.1 Å². The van der Waals surface area contributed by atoms with E-state index in [1.54, 1.807) is 42.5 Å². The van der Waals surface area contributed by atoms with Crippen molar-refractivity contribution >= 4 is 34.8 Å². The van der Waals surface area contributed by atoms with Crippen molar-refractivity contribution in [3.05, 3.63) is 87.9 Å². The van der Waals surface area contributed by atoms with Crippen LogP contribution in [-0.2, 0) is 11.2 Å². The Labute approximate surface area is 162 Å². The Balaban J connectivity index is 1.63. The second kappa shape index (κ2) is 8.26. The number of rotatable bonds is 5. The van der Waals surface area contributed by atoms with Gasteiger partial charge >= 0.3 is 0 Å². The van der Waals surface area contributed by atoms with Crippen LogP contribution in [0.15, 0.2) is 66.7 Å². The molecule has 0 aliphatic carbocycles. The number of nitrogens with one attached hydrogen (secondary N) is 1. The molecule has 3 nitrogen and oxygen atoms in total. The summed E-state index contributed by atoms with van der Waals surface area (Å²) in [5, 5.41) is 3.80. The highest BCUT2D eigenvalue weighted by molar-refractivity contribution is 6.36. The Morgan fingerprint density at radius 2 is 1.58 bits per heavy atom. The van der Waals surface area contributed by atoms with Crippen molar-refractivity contribution in [3.63, 3.8) is 0 Å². The number of ether oxygens (including phenoxy) is 1. The Bertz CT molecular complexity index is 903. The summed E-state index contributed by atoms with van der Waals surface area (Å²) in [5.41, 5.74) is 2.42. The van der Waals surface area contributed by atoms with Crippen molar-refractivity contribution < 1.29 is 9.53 Å². The summed E-state index contributed by atoms with van der Waals surface area (Å²) in [6.07, 6.45) is 0.111. The highest BCUT2D eigenvalue weighted by Gasteiger charge is 2.11. The van der Waals surface area contributed by atoms with E-state index in [0.29, 0.717) is 27.0 Å². The summed E-state index contributed by atoms with van der Waals surface area (Å²) >= 11 is 12.2. The number of hydrogen-bond donors (Lipinski definition) is 1. The fourth-order valence-corrected chi connectivity index (χ4v) is 3.02. The molecule has 3 rings (SSSR count). The molecule has 3 aromatic carbocycles. The number of halogens is 2. The van der Waals surface area contributed by atoms with Crippen molar-refractivity contribution in [1.29, 1.82) is 0 Å². The third-order valence-electron chi connectivity index (χ3n) is 3.76. The van der Waals surface area contributed by atoms with E-state index >= 15 is 0 Å². The van der Waals surface area contributed by atoms with Crippen LogP contribution in [-0.4, -0.2) is 5.91 Å². The van der Waals surface area contributed by atoms with E-state index < -0.39 is 0 Å². The van der Waals surface area contributed by atoms with Gasteiger partial charge in [0, 0.05) is 15.7 Å². The number of benzene rings is 3. The van der Waals surface area contributed by atoms with Crippen molar-refractivity contribution in [2.45, 2.75) is 13.3 Å². The van der Waals surface area contributed by atoms with Crippen molar-refractivity contribution in [2.24, 2.45) is 0 Å². The molecule has 0 saturated heterocycles. The second-order valence-electron chi connectivity index (χ2n) is 5.87. The molecule has 132 valence electrons. The third-order valence-corrected chi connectivity index (χ3v) is 4.47. The van der Waals surface area contributed by atoms with Crippen LogP contribution in [0.1, 0.15) is 11.1 Å². The van der Waals surface area contributed by atoms with Crippen LogP contribution in [0.25, 0.3) is 0 Å². The van der Waals surface area contributed by atoms with E-state index in [4.69, 9.17) is 27.9 Å². The fraction of sp³-hybridized carbons (Fsp3) is 0.0952. The third kappa shape index (κ3) is 4.78. The van der Waals surface area contributed by atoms with Crippen molar-refractivity contribution in [2.75, 3.05) is 5.32 Å². The molecule has 0 saturated carbocycles. The highest BCUT2D eigenvalue weighted by Crippen LogP contribution is 2.26. The number of carbonyl (C=O) groups is 1. The lowest BCUT2D eigenvalue weighted by Gasteiger charge is -2.10. The molecular weight excluding hydrogens is 369 g/mol. The molecule has 26 heavy (non-hydrogen) atoms. The molecular formula is C21H17Cl2NO2. The number of anilines is 1. The molecule has 1 amide bonds. The van der Waals surface area contributed by atoms with Crippen LogP contribution in [0.4, 0.5) is 5.69 Å².